The SMILES string of the molecule is COC(=O)C(c1ccccc1Cl)N1CCN(CCCOc2ccc(S(C)(=O)=O)cc2)CC1. The first-order valence-corrected chi connectivity index (χ1v) is 12.8. The molecule has 0 N–H and O–H groups in total. The molecule has 9 heteroatoms. The van der Waals surface area contributed by atoms with Crippen molar-refractivity contribution in [3.8, 4) is 5.75 Å². The van der Waals surface area contributed by atoms with Gasteiger partial charge in [-0.15, -0.1) is 0 Å². The molecule has 1 saturated heterocycles. The van der Waals surface area contributed by atoms with Crippen molar-refractivity contribution in [2.24, 2.45) is 0 Å². The summed E-state index contributed by atoms with van der Waals surface area (Å²) in [4.78, 5) is 17.2. The Morgan fingerprint density at radius 2 is 1.72 bits per heavy atom. The standard InChI is InChI=1S/C23H29ClN2O5S/c1-30-23(27)22(20-6-3-4-7-21(20)24)26-15-13-25(14-16-26)12-5-17-31-18-8-10-19(11-9-18)32(2,28)29/h3-4,6-11,22H,5,12-17H2,1-2H3. The first-order valence-electron chi connectivity index (χ1n) is 10.5. The first kappa shape index (κ1) is 24.5. The van der Waals surface area contributed by atoms with E-state index in [-0.39, 0.29) is 10.9 Å². The van der Waals surface area contributed by atoms with E-state index in [9.17, 15) is 13.2 Å². The van der Waals surface area contributed by atoms with Crippen LogP contribution in [0.2, 0.25) is 5.02 Å². The Hall–Kier alpha value is -2.13. The van der Waals surface area contributed by atoms with E-state index in [4.69, 9.17) is 21.1 Å². The third kappa shape index (κ3) is 6.45. The highest BCUT2D eigenvalue weighted by molar-refractivity contribution is 7.90. The Morgan fingerprint density at radius 1 is 1.06 bits per heavy atom. The van der Waals surface area contributed by atoms with Gasteiger partial charge in [0.15, 0.2) is 9.84 Å². The van der Waals surface area contributed by atoms with Crippen molar-refractivity contribution in [2.75, 3.05) is 52.7 Å². The number of hydrogen-bond acceptors (Lipinski definition) is 7. The van der Waals surface area contributed by atoms with Gasteiger partial charge in [-0.1, -0.05) is 29.8 Å². The predicted octanol–water partition coefficient (Wildman–Crippen LogP) is 3.04. The summed E-state index contributed by atoms with van der Waals surface area (Å²) < 4.78 is 33.8. The number of methoxy groups -OCH3 is 1. The topological polar surface area (TPSA) is 76.2 Å². The minimum atomic E-state index is -3.20. The fraction of sp³-hybridized carbons (Fsp3) is 0.435. The maximum atomic E-state index is 12.5. The van der Waals surface area contributed by atoms with Crippen LogP contribution in [0.15, 0.2) is 53.4 Å². The second kappa shape index (κ2) is 11.1. The van der Waals surface area contributed by atoms with Crippen molar-refractivity contribution in [3.05, 3.63) is 59.1 Å². The van der Waals surface area contributed by atoms with E-state index < -0.39 is 15.9 Å². The molecule has 1 aliphatic heterocycles. The van der Waals surface area contributed by atoms with Crippen LogP contribution in [0.4, 0.5) is 0 Å². The Balaban J connectivity index is 1.46. The molecule has 0 radical (unpaired) electrons. The quantitative estimate of drug-likeness (QED) is 0.403. The summed E-state index contributed by atoms with van der Waals surface area (Å²) in [5.41, 5.74) is 0.768. The minimum absolute atomic E-state index is 0.282. The van der Waals surface area contributed by atoms with Gasteiger partial charge in [-0.05, 0) is 42.3 Å². The van der Waals surface area contributed by atoms with Gasteiger partial charge in [0.2, 0.25) is 0 Å². The number of benzene rings is 2. The van der Waals surface area contributed by atoms with Crippen molar-refractivity contribution < 1.29 is 22.7 Å². The van der Waals surface area contributed by atoms with E-state index >= 15 is 0 Å². The molecular formula is C23H29ClN2O5S. The lowest BCUT2D eigenvalue weighted by Crippen LogP contribution is -2.49. The minimum Gasteiger partial charge on any atom is -0.494 e. The number of esters is 1. The zero-order valence-corrected chi connectivity index (χ0v) is 19.9. The van der Waals surface area contributed by atoms with Crippen LogP contribution in [0.5, 0.6) is 5.75 Å². The van der Waals surface area contributed by atoms with Crippen LogP contribution in [0.25, 0.3) is 0 Å². The maximum absolute atomic E-state index is 12.5. The van der Waals surface area contributed by atoms with Crippen LogP contribution >= 0.6 is 11.6 Å². The molecule has 1 fully saturated rings. The molecule has 2 aromatic rings. The number of ether oxygens (including phenoxy) is 2. The van der Waals surface area contributed by atoms with E-state index in [1.54, 1.807) is 30.3 Å². The number of rotatable bonds is 9. The lowest BCUT2D eigenvalue weighted by atomic mass is 10.0. The van der Waals surface area contributed by atoms with Gasteiger partial charge in [-0.3, -0.25) is 4.90 Å². The highest BCUT2D eigenvalue weighted by Crippen LogP contribution is 2.29. The molecule has 0 saturated carbocycles. The molecule has 1 atom stereocenters. The average molecular weight is 481 g/mol. The summed E-state index contributed by atoms with van der Waals surface area (Å²) in [6.07, 6.45) is 2.03. The van der Waals surface area contributed by atoms with Gasteiger partial charge < -0.3 is 14.4 Å². The Morgan fingerprint density at radius 3 is 2.31 bits per heavy atom. The van der Waals surface area contributed by atoms with Crippen LogP contribution in [0.3, 0.4) is 0 Å². The number of nitrogens with zero attached hydrogens (tertiary/aromatic N) is 2. The van der Waals surface area contributed by atoms with Gasteiger partial charge in [0.25, 0.3) is 0 Å². The highest BCUT2D eigenvalue weighted by atomic mass is 35.5. The molecule has 7 nitrogen and oxygen atoms in total. The van der Waals surface area contributed by atoms with Crippen molar-refractivity contribution in [3.63, 3.8) is 0 Å². The van der Waals surface area contributed by atoms with Crippen molar-refractivity contribution in [1.82, 2.24) is 9.80 Å². The molecule has 1 unspecified atom stereocenters. The predicted molar refractivity (Wildman–Crippen MR) is 124 cm³/mol. The van der Waals surface area contributed by atoms with Crippen molar-refractivity contribution in [1.29, 1.82) is 0 Å². The van der Waals surface area contributed by atoms with Gasteiger partial charge >= 0.3 is 5.97 Å². The molecule has 2 aromatic carbocycles. The number of carbonyl (C=O) groups is 1. The van der Waals surface area contributed by atoms with Gasteiger partial charge in [0.05, 0.1) is 18.6 Å². The monoisotopic (exact) mass is 480 g/mol. The fourth-order valence-corrected chi connectivity index (χ4v) is 4.66. The largest absolute Gasteiger partial charge is 0.494 e. The zero-order chi connectivity index (χ0) is 23.1. The Labute approximate surface area is 194 Å². The normalized spacial score (nSPS) is 16.5. The Kier molecular flexibility index (Phi) is 8.53. The molecule has 32 heavy (non-hydrogen) atoms. The smallest absolute Gasteiger partial charge is 0.327 e. The molecule has 174 valence electrons. The van der Waals surface area contributed by atoms with Gasteiger partial charge in [0.1, 0.15) is 11.8 Å². The molecule has 1 heterocycles. The molecule has 0 aromatic heterocycles. The van der Waals surface area contributed by atoms with E-state index in [1.807, 2.05) is 18.2 Å². The molecule has 1 aliphatic rings. The summed E-state index contributed by atoms with van der Waals surface area (Å²) in [6, 6.07) is 13.3. The van der Waals surface area contributed by atoms with Gasteiger partial charge in [-0.25, -0.2) is 13.2 Å². The van der Waals surface area contributed by atoms with Crippen LogP contribution in [0.1, 0.15) is 18.0 Å². The summed E-state index contributed by atoms with van der Waals surface area (Å²) in [7, 11) is -1.80. The third-order valence-electron chi connectivity index (χ3n) is 5.54. The molecule has 0 amide bonds. The van der Waals surface area contributed by atoms with Gasteiger partial charge in [0, 0.05) is 44.0 Å². The van der Waals surface area contributed by atoms with E-state index in [2.05, 4.69) is 9.80 Å². The lowest BCUT2D eigenvalue weighted by molar-refractivity contribution is -0.148. The molecule has 3 rings (SSSR count). The number of sulfone groups is 1. The maximum Gasteiger partial charge on any atom is 0.327 e. The van der Waals surface area contributed by atoms with E-state index in [0.717, 1.165) is 44.7 Å². The summed E-state index contributed by atoms with van der Waals surface area (Å²) >= 11 is 6.35. The summed E-state index contributed by atoms with van der Waals surface area (Å²) in [5.74, 6) is 0.352. The summed E-state index contributed by atoms with van der Waals surface area (Å²) in [6.45, 7) is 4.56. The third-order valence-corrected chi connectivity index (χ3v) is 7.01. The fourth-order valence-electron chi connectivity index (χ4n) is 3.79. The average Bonchev–Trinajstić information content (AvgIpc) is 2.78. The van der Waals surface area contributed by atoms with Crippen molar-refractivity contribution in [2.45, 2.75) is 17.4 Å². The van der Waals surface area contributed by atoms with Crippen LogP contribution in [-0.4, -0.2) is 76.9 Å². The number of carbonyl (C=O) groups excluding carboxylic acids is 1. The molecule has 0 spiro atoms. The summed E-state index contributed by atoms with van der Waals surface area (Å²) in [5, 5.41) is 0.562. The molecular weight excluding hydrogens is 452 g/mol. The van der Waals surface area contributed by atoms with Crippen molar-refractivity contribution >= 4 is 27.4 Å². The number of halogens is 1. The number of piperazine rings is 1. The lowest BCUT2D eigenvalue weighted by Gasteiger charge is -2.38. The van der Waals surface area contributed by atoms with E-state index in [1.165, 1.54) is 13.4 Å². The van der Waals surface area contributed by atoms with E-state index in [0.29, 0.717) is 17.4 Å². The highest BCUT2D eigenvalue weighted by Gasteiger charge is 2.32. The first-order chi connectivity index (χ1) is 15.3. The second-order valence-corrected chi connectivity index (χ2v) is 10.2. The van der Waals surface area contributed by atoms with Crippen LogP contribution in [-0.2, 0) is 19.4 Å². The molecule has 0 bridgehead atoms. The number of hydrogen-bond donors (Lipinski definition) is 0. The Bertz CT molecular complexity index is 1010. The van der Waals surface area contributed by atoms with Gasteiger partial charge in [-0.2, -0.15) is 0 Å². The zero-order valence-electron chi connectivity index (χ0n) is 18.4. The molecule has 0 aliphatic carbocycles. The second-order valence-electron chi connectivity index (χ2n) is 7.77. The van der Waals surface area contributed by atoms with Crippen LogP contribution < -0.4 is 4.74 Å². The van der Waals surface area contributed by atoms with Crippen LogP contribution in [0, 0.1) is 0 Å².